The molecular weight excluding hydrogens is 326 g/mol. The SMILES string of the molecule is CCN(CC)C(=O)c1cn(-c2ccccc2)nc1-c1ccc(OC)cc1. The van der Waals surface area contributed by atoms with Crippen LogP contribution in [0.3, 0.4) is 0 Å². The fraction of sp³-hybridized carbons (Fsp3) is 0.238. The summed E-state index contributed by atoms with van der Waals surface area (Å²) in [7, 11) is 1.63. The minimum atomic E-state index is -0.0111. The average Bonchev–Trinajstić information content (AvgIpc) is 3.15. The Kier molecular flexibility index (Phi) is 5.37. The number of hydrogen-bond donors (Lipinski definition) is 0. The van der Waals surface area contributed by atoms with Crippen molar-refractivity contribution in [2.75, 3.05) is 20.2 Å². The first-order valence-electron chi connectivity index (χ1n) is 8.76. The molecule has 3 aromatic rings. The highest BCUT2D eigenvalue weighted by atomic mass is 16.5. The lowest BCUT2D eigenvalue weighted by Crippen LogP contribution is -2.30. The van der Waals surface area contributed by atoms with E-state index in [0.717, 1.165) is 17.0 Å². The van der Waals surface area contributed by atoms with Crippen LogP contribution in [0.1, 0.15) is 24.2 Å². The second kappa shape index (κ2) is 7.87. The van der Waals surface area contributed by atoms with Gasteiger partial charge in [-0.3, -0.25) is 4.79 Å². The van der Waals surface area contributed by atoms with E-state index in [1.807, 2.05) is 74.6 Å². The number of nitrogens with zero attached hydrogens (tertiary/aromatic N) is 3. The zero-order chi connectivity index (χ0) is 18.5. The van der Waals surface area contributed by atoms with E-state index in [4.69, 9.17) is 9.84 Å². The highest BCUT2D eigenvalue weighted by Gasteiger charge is 2.22. The van der Waals surface area contributed by atoms with Gasteiger partial charge in [0.25, 0.3) is 5.91 Å². The third-order valence-electron chi connectivity index (χ3n) is 4.38. The topological polar surface area (TPSA) is 47.4 Å². The van der Waals surface area contributed by atoms with Gasteiger partial charge in [0.2, 0.25) is 0 Å². The number of amides is 1. The number of carbonyl (C=O) groups excluding carboxylic acids is 1. The van der Waals surface area contributed by atoms with Gasteiger partial charge in [-0.2, -0.15) is 5.10 Å². The molecule has 134 valence electrons. The molecular formula is C21H23N3O2. The van der Waals surface area contributed by atoms with Crippen LogP contribution in [-0.4, -0.2) is 40.8 Å². The molecule has 1 aromatic heterocycles. The Bertz CT molecular complexity index is 866. The summed E-state index contributed by atoms with van der Waals surface area (Å²) in [6, 6.07) is 17.4. The Morgan fingerprint density at radius 2 is 1.69 bits per heavy atom. The lowest BCUT2D eigenvalue weighted by Gasteiger charge is -2.18. The molecule has 0 aliphatic rings. The van der Waals surface area contributed by atoms with Crippen molar-refractivity contribution in [3.63, 3.8) is 0 Å². The van der Waals surface area contributed by atoms with Gasteiger partial charge >= 0.3 is 0 Å². The lowest BCUT2D eigenvalue weighted by atomic mass is 10.1. The van der Waals surface area contributed by atoms with E-state index in [1.165, 1.54) is 0 Å². The van der Waals surface area contributed by atoms with Crippen molar-refractivity contribution in [2.24, 2.45) is 0 Å². The predicted molar refractivity (Wildman–Crippen MR) is 103 cm³/mol. The molecule has 0 aliphatic heterocycles. The van der Waals surface area contributed by atoms with E-state index in [0.29, 0.717) is 24.3 Å². The maximum atomic E-state index is 13.0. The van der Waals surface area contributed by atoms with Gasteiger partial charge in [0.1, 0.15) is 11.4 Å². The lowest BCUT2D eigenvalue weighted by molar-refractivity contribution is 0.0773. The molecule has 0 atom stereocenters. The van der Waals surface area contributed by atoms with Gasteiger partial charge in [-0.25, -0.2) is 4.68 Å². The molecule has 0 saturated carbocycles. The summed E-state index contributed by atoms with van der Waals surface area (Å²) in [5.74, 6) is 0.760. The Hall–Kier alpha value is -3.08. The molecule has 0 unspecified atom stereocenters. The number of methoxy groups -OCH3 is 1. The average molecular weight is 349 g/mol. The van der Waals surface area contributed by atoms with Crippen LogP contribution in [0.4, 0.5) is 0 Å². The van der Waals surface area contributed by atoms with Gasteiger partial charge in [-0.05, 0) is 50.2 Å². The minimum absolute atomic E-state index is 0.0111. The first-order valence-corrected chi connectivity index (χ1v) is 8.76. The van der Waals surface area contributed by atoms with Crippen LogP contribution in [0.25, 0.3) is 16.9 Å². The molecule has 0 radical (unpaired) electrons. The molecule has 2 aromatic carbocycles. The van der Waals surface area contributed by atoms with Crippen molar-refractivity contribution in [3.05, 3.63) is 66.4 Å². The fourth-order valence-corrected chi connectivity index (χ4v) is 2.89. The maximum absolute atomic E-state index is 13.0. The highest BCUT2D eigenvalue weighted by Crippen LogP contribution is 2.26. The number of carbonyl (C=O) groups is 1. The molecule has 1 amide bonds. The van der Waals surface area contributed by atoms with Gasteiger partial charge in [-0.1, -0.05) is 18.2 Å². The third-order valence-corrected chi connectivity index (χ3v) is 4.38. The maximum Gasteiger partial charge on any atom is 0.257 e. The van der Waals surface area contributed by atoms with Gasteiger partial charge in [0.15, 0.2) is 0 Å². The van der Waals surface area contributed by atoms with Gasteiger partial charge in [-0.15, -0.1) is 0 Å². The van der Waals surface area contributed by atoms with Crippen LogP contribution in [-0.2, 0) is 0 Å². The second-order valence-corrected chi connectivity index (χ2v) is 5.88. The first kappa shape index (κ1) is 17.7. The molecule has 26 heavy (non-hydrogen) atoms. The van der Waals surface area contributed by atoms with Crippen molar-refractivity contribution < 1.29 is 9.53 Å². The predicted octanol–water partition coefficient (Wildman–Crippen LogP) is 4.03. The highest BCUT2D eigenvalue weighted by molar-refractivity contribution is 6.00. The number of ether oxygens (including phenoxy) is 1. The van der Waals surface area contributed by atoms with Crippen LogP contribution in [0.15, 0.2) is 60.8 Å². The zero-order valence-corrected chi connectivity index (χ0v) is 15.3. The molecule has 0 bridgehead atoms. The minimum Gasteiger partial charge on any atom is -0.497 e. The number of hydrogen-bond acceptors (Lipinski definition) is 3. The van der Waals surface area contributed by atoms with Crippen molar-refractivity contribution in [2.45, 2.75) is 13.8 Å². The Morgan fingerprint density at radius 3 is 2.27 bits per heavy atom. The molecule has 1 heterocycles. The molecule has 0 saturated heterocycles. The Morgan fingerprint density at radius 1 is 1.04 bits per heavy atom. The normalized spacial score (nSPS) is 10.6. The number of rotatable bonds is 6. The number of para-hydroxylation sites is 1. The molecule has 3 rings (SSSR count). The summed E-state index contributed by atoms with van der Waals surface area (Å²) in [5.41, 5.74) is 3.08. The van der Waals surface area contributed by atoms with Gasteiger partial charge < -0.3 is 9.64 Å². The summed E-state index contributed by atoms with van der Waals surface area (Å²) in [6.07, 6.45) is 1.82. The van der Waals surface area contributed by atoms with E-state index < -0.39 is 0 Å². The fourth-order valence-electron chi connectivity index (χ4n) is 2.89. The number of benzene rings is 2. The smallest absolute Gasteiger partial charge is 0.257 e. The van der Waals surface area contributed by atoms with E-state index in [2.05, 4.69) is 0 Å². The monoisotopic (exact) mass is 349 g/mol. The molecule has 0 aliphatic carbocycles. The van der Waals surface area contributed by atoms with Gasteiger partial charge in [0.05, 0.1) is 18.4 Å². The Labute approximate surface area is 153 Å². The van der Waals surface area contributed by atoms with Gasteiger partial charge in [0, 0.05) is 24.8 Å². The standard InChI is InChI=1S/C21H23N3O2/c1-4-23(5-2)21(25)19-15-24(17-9-7-6-8-10-17)22-20(19)16-11-13-18(26-3)14-12-16/h6-15H,4-5H2,1-3H3. The van der Waals surface area contributed by atoms with Crippen LogP contribution in [0.5, 0.6) is 5.75 Å². The van der Waals surface area contributed by atoms with Crippen molar-refractivity contribution >= 4 is 5.91 Å². The summed E-state index contributed by atoms with van der Waals surface area (Å²) in [5, 5.41) is 4.71. The molecule has 5 heteroatoms. The summed E-state index contributed by atoms with van der Waals surface area (Å²) < 4.78 is 6.99. The van der Waals surface area contributed by atoms with E-state index in [-0.39, 0.29) is 5.91 Å². The van der Waals surface area contributed by atoms with Crippen molar-refractivity contribution in [1.29, 1.82) is 0 Å². The molecule has 0 N–H and O–H groups in total. The first-order chi connectivity index (χ1) is 12.7. The van der Waals surface area contributed by atoms with Crippen LogP contribution in [0.2, 0.25) is 0 Å². The Balaban J connectivity index is 2.10. The largest absolute Gasteiger partial charge is 0.497 e. The van der Waals surface area contributed by atoms with E-state index >= 15 is 0 Å². The second-order valence-electron chi connectivity index (χ2n) is 5.88. The third kappa shape index (κ3) is 3.47. The summed E-state index contributed by atoms with van der Waals surface area (Å²) in [4.78, 5) is 14.8. The molecule has 0 fully saturated rings. The van der Waals surface area contributed by atoms with E-state index in [9.17, 15) is 4.79 Å². The van der Waals surface area contributed by atoms with Crippen LogP contribution >= 0.6 is 0 Å². The summed E-state index contributed by atoms with van der Waals surface area (Å²) in [6.45, 7) is 5.29. The van der Waals surface area contributed by atoms with Crippen LogP contribution in [0, 0.1) is 0 Å². The summed E-state index contributed by atoms with van der Waals surface area (Å²) >= 11 is 0. The zero-order valence-electron chi connectivity index (χ0n) is 15.3. The van der Waals surface area contributed by atoms with Crippen molar-refractivity contribution in [3.8, 4) is 22.7 Å². The number of aromatic nitrogens is 2. The van der Waals surface area contributed by atoms with Crippen molar-refractivity contribution in [1.82, 2.24) is 14.7 Å². The quantitative estimate of drug-likeness (QED) is 0.675. The van der Waals surface area contributed by atoms with E-state index in [1.54, 1.807) is 16.7 Å². The molecule has 0 spiro atoms. The van der Waals surface area contributed by atoms with Crippen LogP contribution < -0.4 is 4.74 Å². The molecule has 5 nitrogen and oxygen atoms in total.